The standard InChI is InChI=1S/C33H30F3N3O6/c34-33(35,36)24-13-7-10-22(18-24)19-37-30(42)26(16-17-28(40)41)38-25(15-14-21-8-3-1-4-9-21)29(31(38)43)39-27(20-45-32(39)44)23-11-5-2-6-12-23/h1-15,18,25-27,29H,16-17,19-20H2,(H,37,42)(H,40,41)/t25?,26-,27+,29?/m0/s1. The lowest BCUT2D eigenvalue weighted by Gasteiger charge is -2.52. The third kappa shape index (κ3) is 7.00. The van der Waals surface area contributed by atoms with Crippen LogP contribution in [0.4, 0.5) is 18.0 Å². The normalized spacial score (nSPS) is 20.6. The van der Waals surface area contributed by atoms with Gasteiger partial charge in [-0.3, -0.25) is 19.3 Å². The van der Waals surface area contributed by atoms with Crippen molar-refractivity contribution < 1.29 is 42.2 Å². The van der Waals surface area contributed by atoms with Crippen molar-refractivity contribution in [2.24, 2.45) is 0 Å². The number of halogens is 3. The number of cyclic esters (lactones) is 1. The Kier molecular flexibility index (Phi) is 9.21. The van der Waals surface area contributed by atoms with E-state index in [0.717, 1.165) is 23.3 Å². The van der Waals surface area contributed by atoms with Gasteiger partial charge in [-0.05, 0) is 35.2 Å². The van der Waals surface area contributed by atoms with Gasteiger partial charge in [0.1, 0.15) is 18.7 Å². The van der Waals surface area contributed by atoms with Gasteiger partial charge in [-0.15, -0.1) is 0 Å². The van der Waals surface area contributed by atoms with Crippen molar-refractivity contribution in [3.8, 4) is 0 Å². The average molecular weight is 622 g/mol. The summed E-state index contributed by atoms with van der Waals surface area (Å²) >= 11 is 0. The minimum atomic E-state index is -4.57. The lowest BCUT2D eigenvalue weighted by Crippen LogP contribution is -2.74. The molecule has 0 bridgehead atoms. The van der Waals surface area contributed by atoms with Crippen LogP contribution in [-0.4, -0.2) is 63.5 Å². The summed E-state index contributed by atoms with van der Waals surface area (Å²) in [7, 11) is 0. The molecule has 2 unspecified atom stereocenters. The van der Waals surface area contributed by atoms with E-state index in [0.29, 0.717) is 0 Å². The predicted octanol–water partition coefficient (Wildman–Crippen LogP) is 5.04. The first-order valence-corrected chi connectivity index (χ1v) is 14.3. The van der Waals surface area contributed by atoms with Crippen LogP contribution >= 0.6 is 0 Å². The fraction of sp³-hybridized carbons (Fsp3) is 0.273. The summed E-state index contributed by atoms with van der Waals surface area (Å²) in [6.45, 7) is -0.265. The van der Waals surface area contributed by atoms with Gasteiger partial charge in [0.05, 0.1) is 17.6 Å². The number of hydrogen-bond donors (Lipinski definition) is 2. The number of carboxylic acid groups (broad SMARTS) is 1. The van der Waals surface area contributed by atoms with Crippen LogP contribution in [0.3, 0.4) is 0 Å². The Morgan fingerprint density at radius 3 is 2.36 bits per heavy atom. The molecule has 4 atom stereocenters. The first kappa shape index (κ1) is 31.3. The summed E-state index contributed by atoms with van der Waals surface area (Å²) in [6.07, 6.45) is -2.56. The molecular weight excluding hydrogens is 591 g/mol. The molecule has 2 aliphatic rings. The number of benzene rings is 3. The van der Waals surface area contributed by atoms with Gasteiger partial charge in [0, 0.05) is 13.0 Å². The number of carbonyl (C=O) groups is 4. The fourth-order valence-corrected chi connectivity index (χ4v) is 5.63. The number of ether oxygens (including phenoxy) is 1. The molecule has 5 rings (SSSR count). The van der Waals surface area contributed by atoms with Crippen molar-refractivity contribution in [2.45, 2.75) is 49.7 Å². The third-order valence-electron chi connectivity index (χ3n) is 7.82. The molecule has 3 amide bonds. The lowest BCUT2D eigenvalue weighted by atomic mass is 9.87. The minimum absolute atomic E-state index is 0.0155. The summed E-state index contributed by atoms with van der Waals surface area (Å²) in [5.41, 5.74) is 0.833. The van der Waals surface area contributed by atoms with E-state index >= 15 is 0 Å². The zero-order chi connectivity index (χ0) is 32.1. The maximum absolute atomic E-state index is 13.9. The third-order valence-corrected chi connectivity index (χ3v) is 7.82. The molecule has 45 heavy (non-hydrogen) atoms. The molecule has 0 saturated carbocycles. The number of aliphatic carboxylic acids is 1. The summed E-state index contributed by atoms with van der Waals surface area (Å²) < 4.78 is 45.0. The average Bonchev–Trinajstić information content (AvgIpc) is 3.40. The van der Waals surface area contributed by atoms with Gasteiger partial charge in [0.2, 0.25) is 11.8 Å². The molecule has 234 valence electrons. The number of nitrogens with one attached hydrogen (secondary N) is 1. The van der Waals surface area contributed by atoms with Crippen molar-refractivity contribution in [2.75, 3.05) is 6.61 Å². The van der Waals surface area contributed by atoms with Gasteiger partial charge in [-0.25, -0.2) is 4.79 Å². The van der Waals surface area contributed by atoms with Gasteiger partial charge in [0.15, 0.2) is 0 Å². The number of carboxylic acids is 1. The van der Waals surface area contributed by atoms with E-state index in [4.69, 9.17) is 4.74 Å². The van der Waals surface area contributed by atoms with Gasteiger partial charge in [-0.2, -0.15) is 13.2 Å². The van der Waals surface area contributed by atoms with E-state index < -0.39 is 66.2 Å². The van der Waals surface area contributed by atoms with E-state index in [1.165, 1.54) is 21.9 Å². The van der Waals surface area contributed by atoms with Crippen LogP contribution in [0.25, 0.3) is 6.08 Å². The molecular formula is C33H30F3N3O6. The van der Waals surface area contributed by atoms with Crippen LogP contribution < -0.4 is 5.32 Å². The Labute approximate surface area is 256 Å². The summed E-state index contributed by atoms with van der Waals surface area (Å²) in [4.78, 5) is 54.6. The van der Waals surface area contributed by atoms with E-state index in [2.05, 4.69) is 5.32 Å². The van der Waals surface area contributed by atoms with Crippen LogP contribution in [0.1, 0.15) is 41.1 Å². The van der Waals surface area contributed by atoms with Gasteiger partial charge < -0.3 is 20.1 Å². The number of hydrogen-bond acceptors (Lipinski definition) is 5. The van der Waals surface area contributed by atoms with Crippen molar-refractivity contribution in [1.29, 1.82) is 0 Å². The molecule has 2 fully saturated rings. The number of β-lactam (4-membered cyclic amide) rings is 1. The van der Waals surface area contributed by atoms with E-state index in [9.17, 15) is 37.5 Å². The number of likely N-dealkylation sites (tertiary alicyclic amines) is 1. The molecule has 2 heterocycles. The lowest BCUT2D eigenvalue weighted by molar-refractivity contribution is -0.163. The Balaban J connectivity index is 1.44. The molecule has 9 nitrogen and oxygen atoms in total. The molecule has 2 aliphatic heterocycles. The number of alkyl halides is 3. The Morgan fingerprint density at radius 1 is 1.00 bits per heavy atom. The van der Waals surface area contributed by atoms with Crippen molar-refractivity contribution >= 4 is 30.0 Å². The van der Waals surface area contributed by atoms with E-state index in [1.54, 1.807) is 24.3 Å². The fourth-order valence-electron chi connectivity index (χ4n) is 5.63. The molecule has 0 aliphatic carbocycles. The van der Waals surface area contributed by atoms with E-state index in [1.807, 2.05) is 48.5 Å². The van der Waals surface area contributed by atoms with Crippen LogP contribution in [0.15, 0.2) is 91.0 Å². The first-order chi connectivity index (χ1) is 21.5. The highest BCUT2D eigenvalue weighted by Gasteiger charge is 2.58. The minimum Gasteiger partial charge on any atom is -0.481 e. The van der Waals surface area contributed by atoms with Crippen molar-refractivity contribution in [3.05, 3.63) is 113 Å². The summed E-state index contributed by atoms with van der Waals surface area (Å²) in [6, 6.07) is 18.9. The van der Waals surface area contributed by atoms with Crippen LogP contribution in [0, 0.1) is 0 Å². The monoisotopic (exact) mass is 621 g/mol. The first-order valence-electron chi connectivity index (χ1n) is 14.3. The quantitative estimate of drug-likeness (QED) is 0.290. The van der Waals surface area contributed by atoms with Gasteiger partial charge in [-0.1, -0.05) is 84.9 Å². The predicted molar refractivity (Wildman–Crippen MR) is 156 cm³/mol. The smallest absolute Gasteiger partial charge is 0.416 e. The molecule has 0 spiro atoms. The number of rotatable bonds is 11. The zero-order valence-electron chi connectivity index (χ0n) is 23.9. The second-order valence-electron chi connectivity index (χ2n) is 10.7. The largest absolute Gasteiger partial charge is 0.481 e. The van der Waals surface area contributed by atoms with Crippen LogP contribution in [0.2, 0.25) is 0 Å². The summed E-state index contributed by atoms with van der Waals surface area (Å²) in [5.74, 6) is -2.51. The van der Waals surface area contributed by atoms with Crippen molar-refractivity contribution in [1.82, 2.24) is 15.1 Å². The molecule has 3 aromatic rings. The molecule has 12 heteroatoms. The molecule has 2 saturated heterocycles. The Bertz CT molecular complexity index is 1580. The zero-order valence-corrected chi connectivity index (χ0v) is 23.9. The highest BCUT2D eigenvalue weighted by atomic mass is 19.4. The van der Waals surface area contributed by atoms with Crippen LogP contribution in [0.5, 0.6) is 0 Å². The second kappa shape index (κ2) is 13.2. The number of carbonyl (C=O) groups excluding carboxylic acids is 3. The second-order valence-corrected chi connectivity index (χ2v) is 10.7. The highest BCUT2D eigenvalue weighted by molar-refractivity contribution is 5.98. The topological polar surface area (TPSA) is 116 Å². The number of amides is 3. The Hall–Kier alpha value is -5.13. The maximum atomic E-state index is 13.9. The molecule has 2 N–H and O–H groups in total. The Morgan fingerprint density at radius 2 is 1.69 bits per heavy atom. The highest BCUT2D eigenvalue weighted by Crippen LogP contribution is 2.39. The molecule has 3 aromatic carbocycles. The van der Waals surface area contributed by atoms with Crippen LogP contribution in [-0.2, 0) is 31.8 Å². The van der Waals surface area contributed by atoms with Gasteiger partial charge in [0.25, 0.3) is 0 Å². The molecule has 0 radical (unpaired) electrons. The summed E-state index contributed by atoms with van der Waals surface area (Å²) in [5, 5.41) is 12.0. The number of nitrogens with zero attached hydrogens (tertiary/aromatic N) is 2. The molecule has 0 aromatic heterocycles. The van der Waals surface area contributed by atoms with E-state index in [-0.39, 0.29) is 25.1 Å². The SMILES string of the molecule is O=C(O)CC[C@@H](C(=O)NCc1cccc(C(F)(F)F)c1)N1C(=O)C(N2C(=O)OC[C@@H]2c2ccccc2)C1C=Cc1ccccc1. The maximum Gasteiger partial charge on any atom is 0.416 e. The van der Waals surface area contributed by atoms with Crippen molar-refractivity contribution in [3.63, 3.8) is 0 Å². The van der Waals surface area contributed by atoms with Gasteiger partial charge >= 0.3 is 18.2 Å².